The first-order chi connectivity index (χ1) is 12.8. The lowest BCUT2D eigenvalue weighted by atomic mass is 10.1. The Kier molecular flexibility index (Phi) is 7.25. The second-order valence-corrected chi connectivity index (χ2v) is 6.91. The van der Waals surface area contributed by atoms with Crippen LogP contribution in [0.1, 0.15) is 23.6 Å². The fraction of sp³-hybridized carbons (Fsp3) is 0.333. The molecule has 0 heterocycles. The number of nitrogens with zero attached hydrogens (tertiary/aromatic N) is 1. The highest BCUT2D eigenvalue weighted by Gasteiger charge is 2.25. The normalized spacial score (nSPS) is 11.6. The third-order valence-corrected chi connectivity index (χ3v) is 4.77. The molecule has 1 atom stereocenters. The molecule has 2 amide bonds. The largest absolute Gasteiger partial charge is 0.484 e. The second kappa shape index (κ2) is 9.42. The van der Waals surface area contributed by atoms with E-state index in [9.17, 15) is 9.59 Å². The average molecular weight is 389 g/mol. The van der Waals surface area contributed by atoms with Gasteiger partial charge < -0.3 is 15.0 Å². The van der Waals surface area contributed by atoms with Crippen LogP contribution in [-0.2, 0) is 16.1 Å². The minimum atomic E-state index is -0.624. The van der Waals surface area contributed by atoms with Gasteiger partial charge in [-0.2, -0.15) is 0 Å². The van der Waals surface area contributed by atoms with Gasteiger partial charge in [0.15, 0.2) is 6.61 Å². The van der Waals surface area contributed by atoms with Crippen molar-refractivity contribution in [3.8, 4) is 5.75 Å². The van der Waals surface area contributed by atoms with E-state index in [-0.39, 0.29) is 18.4 Å². The number of nitrogens with one attached hydrogen (secondary N) is 1. The molecule has 0 bridgehead atoms. The molecule has 5 nitrogen and oxygen atoms in total. The molecule has 0 spiro atoms. The van der Waals surface area contributed by atoms with Gasteiger partial charge in [0.05, 0.1) is 0 Å². The van der Waals surface area contributed by atoms with E-state index in [1.165, 1.54) is 4.90 Å². The first kappa shape index (κ1) is 20.8. The number of carbonyl (C=O) groups excluding carboxylic acids is 2. The number of aryl methyl sites for hydroxylation is 2. The van der Waals surface area contributed by atoms with Gasteiger partial charge in [0.1, 0.15) is 11.8 Å². The second-order valence-electron chi connectivity index (χ2n) is 6.47. The van der Waals surface area contributed by atoms with Gasteiger partial charge in [-0.3, -0.25) is 9.59 Å². The van der Waals surface area contributed by atoms with Crippen LogP contribution in [0.5, 0.6) is 5.75 Å². The van der Waals surface area contributed by atoms with Crippen molar-refractivity contribution in [3.05, 3.63) is 64.2 Å². The molecule has 0 saturated carbocycles. The number of ether oxygens (including phenoxy) is 1. The van der Waals surface area contributed by atoms with E-state index in [2.05, 4.69) is 5.32 Å². The van der Waals surface area contributed by atoms with Gasteiger partial charge in [-0.15, -0.1) is 0 Å². The van der Waals surface area contributed by atoms with Gasteiger partial charge in [-0.25, -0.2) is 0 Å². The number of hydrogen-bond donors (Lipinski definition) is 1. The summed E-state index contributed by atoms with van der Waals surface area (Å²) >= 11 is 5.92. The van der Waals surface area contributed by atoms with Crippen molar-refractivity contribution in [2.24, 2.45) is 0 Å². The highest BCUT2D eigenvalue weighted by molar-refractivity contribution is 6.30. The van der Waals surface area contributed by atoms with Crippen molar-refractivity contribution >= 4 is 23.4 Å². The van der Waals surface area contributed by atoms with Crippen molar-refractivity contribution in [3.63, 3.8) is 0 Å². The summed E-state index contributed by atoms with van der Waals surface area (Å²) < 4.78 is 5.66. The summed E-state index contributed by atoms with van der Waals surface area (Å²) in [5.74, 6) is 0.133. The van der Waals surface area contributed by atoms with Crippen molar-refractivity contribution < 1.29 is 14.3 Å². The summed E-state index contributed by atoms with van der Waals surface area (Å²) in [6, 6.07) is 12.3. The van der Waals surface area contributed by atoms with Gasteiger partial charge in [0.25, 0.3) is 5.91 Å². The van der Waals surface area contributed by atoms with Gasteiger partial charge in [-0.05, 0) is 61.7 Å². The lowest BCUT2D eigenvalue weighted by Gasteiger charge is -2.28. The molecule has 2 rings (SSSR count). The smallest absolute Gasteiger partial charge is 0.261 e. The van der Waals surface area contributed by atoms with Crippen molar-refractivity contribution in [2.45, 2.75) is 33.4 Å². The van der Waals surface area contributed by atoms with Crippen LogP contribution in [0.3, 0.4) is 0 Å². The van der Waals surface area contributed by atoms with Crippen LogP contribution in [0.15, 0.2) is 42.5 Å². The predicted molar refractivity (Wildman–Crippen MR) is 107 cm³/mol. The first-order valence-corrected chi connectivity index (χ1v) is 9.15. The molecule has 0 radical (unpaired) electrons. The van der Waals surface area contributed by atoms with Crippen molar-refractivity contribution in [1.82, 2.24) is 10.2 Å². The number of amides is 2. The van der Waals surface area contributed by atoms with Crippen LogP contribution in [0.4, 0.5) is 0 Å². The molecule has 144 valence electrons. The van der Waals surface area contributed by atoms with E-state index < -0.39 is 6.04 Å². The number of hydrogen-bond acceptors (Lipinski definition) is 3. The lowest BCUT2D eigenvalue weighted by Crippen LogP contribution is -2.48. The number of benzene rings is 2. The summed E-state index contributed by atoms with van der Waals surface area (Å²) in [6.07, 6.45) is 0. The van der Waals surface area contributed by atoms with Crippen LogP contribution >= 0.6 is 11.6 Å². The molecular weight excluding hydrogens is 364 g/mol. The van der Waals surface area contributed by atoms with Crippen LogP contribution < -0.4 is 10.1 Å². The Labute approximate surface area is 165 Å². The van der Waals surface area contributed by atoms with Crippen LogP contribution in [0.25, 0.3) is 0 Å². The van der Waals surface area contributed by atoms with E-state index in [0.29, 0.717) is 17.3 Å². The minimum Gasteiger partial charge on any atom is -0.484 e. The molecule has 2 aromatic carbocycles. The third kappa shape index (κ3) is 5.73. The summed E-state index contributed by atoms with van der Waals surface area (Å²) in [5.41, 5.74) is 3.14. The standard InChI is InChI=1S/C21H25ClN2O3/c1-14-5-10-19(11-15(14)2)27-13-20(25)24(16(3)21(26)23-4)12-17-6-8-18(22)9-7-17/h5-11,16H,12-13H2,1-4H3,(H,23,26)/t16-/m1/s1. The van der Waals surface area contributed by atoms with E-state index in [1.54, 1.807) is 26.1 Å². The average Bonchev–Trinajstić information content (AvgIpc) is 2.67. The molecule has 6 heteroatoms. The number of rotatable bonds is 7. The van der Waals surface area contributed by atoms with Crippen molar-refractivity contribution in [2.75, 3.05) is 13.7 Å². The molecular formula is C21H25ClN2O3. The van der Waals surface area contributed by atoms with E-state index in [4.69, 9.17) is 16.3 Å². The highest BCUT2D eigenvalue weighted by Crippen LogP contribution is 2.17. The molecule has 0 unspecified atom stereocenters. The quantitative estimate of drug-likeness (QED) is 0.789. The predicted octanol–water partition coefficient (Wildman–Crippen LogP) is 3.50. The van der Waals surface area contributed by atoms with E-state index in [1.807, 2.05) is 44.2 Å². The SMILES string of the molecule is CNC(=O)[C@@H](C)N(Cc1ccc(Cl)cc1)C(=O)COc1ccc(C)c(C)c1. The number of likely N-dealkylation sites (N-methyl/N-ethyl adjacent to an activating group) is 1. The molecule has 0 aliphatic rings. The number of carbonyl (C=O) groups is 2. The fourth-order valence-electron chi connectivity index (χ4n) is 2.61. The maximum absolute atomic E-state index is 12.8. The summed E-state index contributed by atoms with van der Waals surface area (Å²) in [4.78, 5) is 26.4. The zero-order chi connectivity index (χ0) is 20.0. The Morgan fingerprint density at radius 3 is 2.37 bits per heavy atom. The number of halogens is 1. The molecule has 0 aliphatic heterocycles. The van der Waals surface area contributed by atoms with Crippen LogP contribution in [-0.4, -0.2) is 36.4 Å². The minimum absolute atomic E-state index is 0.141. The Morgan fingerprint density at radius 1 is 1.11 bits per heavy atom. The molecule has 0 aliphatic carbocycles. The van der Waals surface area contributed by atoms with E-state index in [0.717, 1.165) is 16.7 Å². The molecule has 1 N–H and O–H groups in total. The Morgan fingerprint density at radius 2 is 1.78 bits per heavy atom. The Balaban J connectivity index is 2.12. The fourth-order valence-corrected chi connectivity index (χ4v) is 2.74. The first-order valence-electron chi connectivity index (χ1n) is 8.77. The molecule has 0 aromatic heterocycles. The van der Waals surface area contributed by atoms with Gasteiger partial charge >= 0.3 is 0 Å². The Hall–Kier alpha value is -2.53. The van der Waals surface area contributed by atoms with Gasteiger partial charge in [-0.1, -0.05) is 29.8 Å². The summed E-state index contributed by atoms with van der Waals surface area (Å²) in [6.45, 7) is 5.86. The molecule has 0 fully saturated rings. The highest BCUT2D eigenvalue weighted by atomic mass is 35.5. The summed E-state index contributed by atoms with van der Waals surface area (Å²) in [7, 11) is 1.55. The molecule has 27 heavy (non-hydrogen) atoms. The van der Waals surface area contributed by atoms with Crippen LogP contribution in [0, 0.1) is 13.8 Å². The van der Waals surface area contributed by atoms with Gasteiger partial charge in [0.2, 0.25) is 5.91 Å². The Bertz CT molecular complexity index is 806. The topological polar surface area (TPSA) is 58.6 Å². The summed E-state index contributed by atoms with van der Waals surface area (Å²) in [5, 5.41) is 3.21. The van der Waals surface area contributed by atoms with Gasteiger partial charge in [0, 0.05) is 18.6 Å². The third-order valence-electron chi connectivity index (χ3n) is 4.52. The monoisotopic (exact) mass is 388 g/mol. The zero-order valence-corrected chi connectivity index (χ0v) is 16.8. The maximum atomic E-state index is 12.8. The maximum Gasteiger partial charge on any atom is 0.261 e. The van der Waals surface area contributed by atoms with E-state index >= 15 is 0 Å². The molecule has 0 saturated heterocycles. The lowest BCUT2D eigenvalue weighted by molar-refractivity contribution is -0.142. The molecule has 2 aromatic rings. The van der Waals surface area contributed by atoms with Crippen LogP contribution in [0.2, 0.25) is 5.02 Å². The zero-order valence-electron chi connectivity index (χ0n) is 16.1. The van der Waals surface area contributed by atoms with Crippen molar-refractivity contribution in [1.29, 1.82) is 0 Å².